The van der Waals surface area contributed by atoms with Gasteiger partial charge in [-0.2, -0.15) is 5.26 Å². The molecule has 0 saturated carbocycles. The molecule has 1 heteroatoms. The second kappa shape index (κ2) is 5.16. The summed E-state index contributed by atoms with van der Waals surface area (Å²) in [7, 11) is 0. The van der Waals surface area contributed by atoms with E-state index in [4.69, 9.17) is 5.26 Å². The minimum atomic E-state index is 0.283. The highest BCUT2D eigenvalue weighted by Gasteiger charge is 2.26. The van der Waals surface area contributed by atoms with Crippen LogP contribution in [-0.4, -0.2) is 0 Å². The van der Waals surface area contributed by atoms with Gasteiger partial charge in [0, 0.05) is 6.08 Å². The molecule has 1 aliphatic rings. The molecular weight excluding hydrogens is 195 g/mol. The Balaban J connectivity index is 2.95. The summed E-state index contributed by atoms with van der Waals surface area (Å²) in [6.45, 7) is 8.80. The first-order valence-electron chi connectivity index (χ1n) is 5.92. The van der Waals surface area contributed by atoms with Crippen molar-refractivity contribution in [2.75, 3.05) is 0 Å². The Labute approximate surface area is 99.2 Å². The molecule has 0 aromatic rings. The molecule has 0 amide bonds. The Morgan fingerprint density at radius 2 is 2.12 bits per heavy atom. The quantitative estimate of drug-likeness (QED) is 0.377. The Morgan fingerprint density at radius 3 is 2.69 bits per heavy atom. The average Bonchev–Trinajstić information content (AvgIpc) is 2.16. The summed E-state index contributed by atoms with van der Waals surface area (Å²) < 4.78 is 0. The number of hydrogen-bond acceptors (Lipinski definition) is 1. The van der Waals surface area contributed by atoms with E-state index in [0.29, 0.717) is 0 Å². The first kappa shape index (κ1) is 12.8. The van der Waals surface area contributed by atoms with Crippen molar-refractivity contribution in [1.82, 2.24) is 0 Å². The second-order valence-electron chi connectivity index (χ2n) is 5.28. The molecule has 16 heavy (non-hydrogen) atoms. The zero-order valence-electron chi connectivity index (χ0n) is 10.8. The van der Waals surface area contributed by atoms with Crippen molar-refractivity contribution >= 4 is 0 Å². The van der Waals surface area contributed by atoms with Crippen LogP contribution in [0.4, 0.5) is 0 Å². The predicted molar refractivity (Wildman–Crippen MR) is 68.8 cm³/mol. The van der Waals surface area contributed by atoms with Crippen molar-refractivity contribution in [1.29, 1.82) is 5.26 Å². The van der Waals surface area contributed by atoms with Crippen molar-refractivity contribution in [3.05, 3.63) is 34.9 Å². The number of rotatable bonds is 2. The van der Waals surface area contributed by atoms with Crippen molar-refractivity contribution < 1.29 is 0 Å². The van der Waals surface area contributed by atoms with Crippen LogP contribution in [0.1, 0.15) is 47.0 Å². The van der Waals surface area contributed by atoms with Crippen LogP contribution in [0.5, 0.6) is 0 Å². The van der Waals surface area contributed by atoms with Gasteiger partial charge >= 0.3 is 0 Å². The van der Waals surface area contributed by atoms with Gasteiger partial charge in [-0.05, 0) is 49.7 Å². The van der Waals surface area contributed by atoms with E-state index < -0.39 is 0 Å². The lowest BCUT2D eigenvalue weighted by Crippen LogP contribution is -2.19. The number of nitrogens with zero attached hydrogens (tertiary/aromatic N) is 1. The lowest BCUT2D eigenvalue weighted by molar-refractivity contribution is 0.377. The Morgan fingerprint density at radius 1 is 1.44 bits per heavy atom. The van der Waals surface area contributed by atoms with Gasteiger partial charge in [0.25, 0.3) is 0 Å². The van der Waals surface area contributed by atoms with Gasteiger partial charge in [-0.3, -0.25) is 0 Å². The fraction of sp³-hybridized carbons (Fsp3) is 0.533. The lowest BCUT2D eigenvalue weighted by atomic mass is 9.72. The second-order valence-corrected chi connectivity index (χ2v) is 5.28. The average molecular weight is 216 g/mol. The van der Waals surface area contributed by atoms with Crippen molar-refractivity contribution in [2.45, 2.75) is 47.0 Å². The zero-order valence-corrected chi connectivity index (χ0v) is 10.8. The van der Waals surface area contributed by atoms with E-state index in [1.165, 1.54) is 30.4 Å². The molecule has 0 saturated heterocycles. The third-order valence-electron chi connectivity index (χ3n) is 3.35. The summed E-state index contributed by atoms with van der Waals surface area (Å²) in [5.41, 5.74) is 4.25. The summed E-state index contributed by atoms with van der Waals surface area (Å²) >= 11 is 0. The standard InChI is InChI=1S/C15H21N/c1-12(9-11-16)7-8-14-13(2)6-5-10-15(14,3)4/h7-9H,5-6,10H2,1-4H3/b8-7+,12-9+/i9+1. The molecule has 86 valence electrons. The van der Waals surface area contributed by atoms with E-state index in [2.05, 4.69) is 39.0 Å². The van der Waals surface area contributed by atoms with Crippen molar-refractivity contribution in [3.63, 3.8) is 0 Å². The molecule has 0 radical (unpaired) electrons. The predicted octanol–water partition coefficient (Wildman–Crippen LogP) is 4.54. The Kier molecular flexibility index (Phi) is 4.12. The summed E-state index contributed by atoms with van der Waals surface area (Å²) in [4.78, 5) is 0. The van der Waals surface area contributed by atoms with E-state index in [-0.39, 0.29) is 5.41 Å². The fourth-order valence-electron chi connectivity index (χ4n) is 2.38. The van der Waals surface area contributed by atoms with E-state index in [1.807, 2.05) is 6.92 Å². The van der Waals surface area contributed by atoms with Gasteiger partial charge in [-0.1, -0.05) is 31.6 Å². The molecule has 0 atom stereocenters. The normalized spacial score (nSPS) is 21.3. The van der Waals surface area contributed by atoms with Gasteiger partial charge in [0.1, 0.15) is 0 Å². The number of hydrogen-bond donors (Lipinski definition) is 0. The van der Waals surface area contributed by atoms with Crippen LogP contribution in [0.15, 0.2) is 34.9 Å². The van der Waals surface area contributed by atoms with Crippen LogP contribution in [0.2, 0.25) is 0 Å². The summed E-state index contributed by atoms with van der Waals surface area (Å²) in [5.74, 6) is 0. The smallest absolute Gasteiger partial charge is 0.0914 e. The maximum absolute atomic E-state index is 8.56. The van der Waals surface area contributed by atoms with E-state index in [9.17, 15) is 0 Å². The van der Waals surface area contributed by atoms with Gasteiger partial charge < -0.3 is 0 Å². The highest BCUT2D eigenvalue weighted by molar-refractivity contribution is 5.36. The van der Waals surface area contributed by atoms with Gasteiger partial charge in [0.2, 0.25) is 0 Å². The summed E-state index contributed by atoms with van der Waals surface area (Å²) in [6, 6.07) is 2.06. The SMILES string of the molecule is CC1=C(/C=C/C(C)=[13CH]/C#N)C(C)(C)CCC1. The first-order valence-corrected chi connectivity index (χ1v) is 5.92. The minimum absolute atomic E-state index is 0.283. The topological polar surface area (TPSA) is 23.8 Å². The van der Waals surface area contributed by atoms with Crippen LogP contribution in [-0.2, 0) is 0 Å². The molecule has 0 aromatic heterocycles. The molecule has 0 heterocycles. The third kappa shape index (κ3) is 3.10. The molecule has 1 rings (SSSR count). The van der Waals surface area contributed by atoms with Gasteiger partial charge in [0.15, 0.2) is 0 Å². The third-order valence-corrected chi connectivity index (χ3v) is 3.35. The van der Waals surface area contributed by atoms with Crippen LogP contribution in [0.25, 0.3) is 0 Å². The molecule has 0 fully saturated rings. The summed E-state index contributed by atoms with van der Waals surface area (Å²) in [6.07, 6.45) is 9.59. The van der Waals surface area contributed by atoms with Gasteiger partial charge in [0.05, 0.1) is 6.07 Å². The van der Waals surface area contributed by atoms with Crippen LogP contribution in [0, 0.1) is 16.7 Å². The Bertz CT molecular complexity index is 386. The lowest BCUT2D eigenvalue weighted by Gasteiger charge is -2.32. The van der Waals surface area contributed by atoms with E-state index in [1.54, 1.807) is 6.08 Å². The monoisotopic (exact) mass is 216 g/mol. The van der Waals surface area contributed by atoms with Gasteiger partial charge in [-0.15, -0.1) is 0 Å². The maximum atomic E-state index is 8.56. The number of nitriles is 1. The molecule has 0 N–H and O–H groups in total. The molecular formula is C15H21N. The van der Waals surface area contributed by atoms with Crippen LogP contribution in [0.3, 0.4) is 0 Å². The molecule has 0 unspecified atom stereocenters. The van der Waals surface area contributed by atoms with Crippen molar-refractivity contribution in [3.8, 4) is 6.07 Å². The van der Waals surface area contributed by atoms with E-state index >= 15 is 0 Å². The zero-order chi connectivity index (χ0) is 12.2. The maximum Gasteiger partial charge on any atom is 0.0914 e. The number of allylic oxidation sites excluding steroid dienone is 6. The minimum Gasteiger partial charge on any atom is -0.193 e. The molecule has 0 aromatic carbocycles. The molecule has 1 nitrogen and oxygen atoms in total. The molecule has 1 aliphatic carbocycles. The summed E-state index contributed by atoms with van der Waals surface area (Å²) in [5, 5.41) is 8.56. The molecule has 0 spiro atoms. The van der Waals surface area contributed by atoms with Crippen molar-refractivity contribution in [2.24, 2.45) is 5.41 Å². The highest BCUT2D eigenvalue weighted by Crippen LogP contribution is 2.40. The highest BCUT2D eigenvalue weighted by atomic mass is 14.3. The van der Waals surface area contributed by atoms with Gasteiger partial charge in [-0.25, -0.2) is 0 Å². The molecule has 0 aliphatic heterocycles. The van der Waals surface area contributed by atoms with E-state index in [0.717, 1.165) is 5.57 Å². The Hall–Kier alpha value is -1.29. The molecule has 0 bridgehead atoms. The fourth-order valence-corrected chi connectivity index (χ4v) is 2.38. The van der Waals surface area contributed by atoms with Crippen LogP contribution < -0.4 is 0 Å². The van der Waals surface area contributed by atoms with Crippen LogP contribution >= 0.6 is 0 Å². The largest absolute Gasteiger partial charge is 0.193 e. The first-order chi connectivity index (χ1) is 7.47.